The summed E-state index contributed by atoms with van der Waals surface area (Å²) < 4.78 is 58.4. The molecule has 3 aromatic carbocycles. The van der Waals surface area contributed by atoms with Crippen molar-refractivity contribution in [2.75, 3.05) is 33.4 Å². The number of carbonyl (C=O) groups is 1. The van der Waals surface area contributed by atoms with Gasteiger partial charge in [-0.3, -0.25) is 4.39 Å². The number of methoxy groups -OCH3 is 1. The number of rotatable bonds is 9. The average Bonchev–Trinajstić information content (AvgIpc) is 3.13. The van der Waals surface area contributed by atoms with Crippen molar-refractivity contribution in [3.05, 3.63) is 99.6 Å². The van der Waals surface area contributed by atoms with E-state index in [1.54, 1.807) is 12.1 Å². The number of benzene rings is 3. The third-order valence-electron chi connectivity index (χ3n) is 8.06. The molecule has 0 unspecified atom stereocenters. The molecule has 0 saturated carbocycles. The molecule has 0 aromatic heterocycles. The van der Waals surface area contributed by atoms with Crippen LogP contribution in [0.25, 0.3) is 11.1 Å². The van der Waals surface area contributed by atoms with E-state index in [4.69, 9.17) is 4.74 Å². The Hall–Kier alpha value is -3.36. The molecule has 4 nitrogen and oxygen atoms in total. The van der Waals surface area contributed by atoms with Gasteiger partial charge >= 0.3 is 12.1 Å². The molecule has 0 amide bonds. The molecule has 0 bridgehead atoms. The van der Waals surface area contributed by atoms with E-state index in [1.807, 2.05) is 18.2 Å². The number of halogens is 5. The minimum absolute atomic E-state index is 0. The zero-order valence-electron chi connectivity index (χ0n) is 23.3. The van der Waals surface area contributed by atoms with Crippen molar-refractivity contribution in [2.24, 2.45) is 5.92 Å². The van der Waals surface area contributed by atoms with E-state index in [1.165, 1.54) is 24.8 Å². The lowest BCUT2D eigenvalue weighted by molar-refractivity contribution is -0.138. The van der Waals surface area contributed by atoms with Crippen LogP contribution >= 0.6 is 12.4 Å². The molecule has 1 aliphatic heterocycles. The zero-order valence-corrected chi connectivity index (χ0v) is 24.2. The lowest BCUT2D eigenvalue weighted by Crippen LogP contribution is -2.47. The average molecular weight is 604 g/mol. The molecule has 0 atom stereocenters. The van der Waals surface area contributed by atoms with Gasteiger partial charge in [0.05, 0.1) is 24.9 Å². The molecule has 0 radical (unpaired) electrons. The Balaban J connectivity index is 0.00000405. The van der Waals surface area contributed by atoms with Crippen LogP contribution in [0.15, 0.2) is 60.7 Å². The highest BCUT2D eigenvalue weighted by Crippen LogP contribution is 2.43. The summed E-state index contributed by atoms with van der Waals surface area (Å²) in [5.41, 5.74) is 5.72. The van der Waals surface area contributed by atoms with Gasteiger partial charge in [-0.15, -0.1) is 12.4 Å². The minimum Gasteiger partial charge on any atom is -0.496 e. The first kappa shape index (κ1) is 31.6. The van der Waals surface area contributed by atoms with Gasteiger partial charge in [0.1, 0.15) is 5.75 Å². The highest BCUT2D eigenvalue weighted by Gasteiger charge is 2.35. The number of hydrogen-bond acceptors (Lipinski definition) is 3. The molecule has 9 heteroatoms. The lowest BCUT2D eigenvalue weighted by atomic mass is 9.86. The van der Waals surface area contributed by atoms with Gasteiger partial charge in [-0.2, -0.15) is 13.2 Å². The van der Waals surface area contributed by atoms with Crippen LogP contribution in [0, 0.1) is 5.92 Å². The van der Waals surface area contributed by atoms with E-state index >= 15 is 0 Å². The first-order chi connectivity index (χ1) is 19.7. The molecule has 5 rings (SSSR count). The Bertz CT molecular complexity index is 1450. The molecule has 3 aromatic rings. The summed E-state index contributed by atoms with van der Waals surface area (Å²) in [5.74, 6) is -0.703. The van der Waals surface area contributed by atoms with Crippen molar-refractivity contribution in [3.8, 4) is 5.75 Å². The molecular weight excluding hydrogens is 570 g/mol. The van der Waals surface area contributed by atoms with E-state index in [9.17, 15) is 27.5 Å². The highest BCUT2D eigenvalue weighted by atomic mass is 35.5. The van der Waals surface area contributed by atoms with Crippen LogP contribution < -0.4 is 4.74 Å². The third kappa shape index (κ3) is 6.81. The maximum absolute atomic E-state index is 13.6. The van der Waals surface area contributed by atoms with Crippen LogP contribution in [0.3, 0.4) is 0 Å². The first-order valence-corrected chi connectivity index (χ1v) is 13.9. The number of fused-ring (bicyclic) bond motifs is 1. The van der Waals surface area contributed by atoms with E-state index in [2.05, 4.69) is 17.0 Å². The number of alkyl halides is 4. The molecular formula is C33H34ClF4NO3. The summed E-state index contributed by atoms with van der Waals surface area (Å²) in [6.45, 7) is 2.43. The number of aromatic carboxylic acids is 1. The molecule has 1 fully saturated rings. The maximum atomic E-state index is 13.6. The Kier molecular flexibility index (Phi) is 10.00. The fraction of sp³-hybridized carbons (Fsp3) is 0.364. The van der Waals surface area contributed by atoms with Crippen molar-refractivity contribution in [1.29, 1.82) is 0 Å². The van der Waals surface area contributed by atoms with E-state index in [0.29, 0.717) is 30.7 Å². The molecule has 0 spiro atoms. The number of likely N-dealkylation sites (tertiary alicyclic amines) is 1. The predicted octanol–water partition coefficient (Wildman–Crippen LogP) is 7.96. The van der Waals surface area contributed by atoms with E-state index in [-0.39, 0.29) is 30.4 Å². The van der Waals surface area contributed by atoms with E-state index < -0.39 is 17.7 Å². The number of carboxylic acid groups (broad SMARTS) is 1. The van der Waals surface area contributed by atoms with Gasteiger partial charge in [-0.05, 0) is 101 Å². The molecule has 42 heavy (non-hydrogen) atoms. The van der Waals surface area contributed by atoms with Crippen molar-refractivity contribution in [1.82, 2.24) is 4.90 Å². The standard InChI is InChI=1S/C33H33F4NO3.ClH/c1-41-30-18-25(11-13-29(30)33(35,36)37)27-5-2-4-24-17-26(32(39)40)10-12-28(24)31(27)23-8-6-21(7-9-23)16-22-19-38(20-22)15-3-14-34;/h6-13,17-18,22H,2-5,14-16,19-20H2,1H3,(H,39,40);1H. The number of nitrogens with zero attached hydrogens (tertiary/aromatic N) is 1. The number of allylic oxidation sites excluding steroid dienone is 1. The quantitative estimate of drug-likeness (QED) is 0.252. The zero-order chi connectivity index (χ0) is 29.1. The van der Waals surface area contributed by atoms with E-state index in [0.717, 1.165) is 66.4 Å². The van der Waals surface area contributed by atoms with Crippen LogP contribution in [0.1, 0.15) is 63.0 Å². The van der Waals surface area contributed by atoms with Crippen LogP contribution in [0.5, 0.6) is 5.75 Å². The van der Waals surface area contributed by atoms with Crippen molar-refractivity contribution < 1.29 is 32.2 Å². The second kappa shape index (κ2) is 13.3. The second-order valence-corrected chi connectivity index (χ2v) is 10.9. The SMILES string of the molecule is COc1cc(C2=C(c3ccc(CC4CN(CCCF)C4)cc3)c3ccc(C(=O)O)cc3CCC2)ccc1C(F)(F)F.Cl. The Morgan fingerprint density at radius 1 is 1.00 bits per heavy atom. The fourth-order valence-corrected chi connectivity index (χ4v) is 6.06. The molecule has 1 N–H and O–H groups in total. The van der Waals surface area contributed by atoms with Crippen molar-refractivity contribution in [3.63, 3.8) is 0 Å². The largest absolute Gasteiger partial charge is 0.496 e. The summed E-state index contributed by atoms with van der Waals surface area (Å²) in [6.07, 6.45) is -1.06. The van der Waals surface area contributed by atoms with Gasteiger partial charge in [-0.1, -0.05) is 36.4 Å². The number of ether oxygens (including phenoxy) is 1. The van der Waals surface area contributed by atoms with Gasteiger partial charge in [0, 0.05) is 19.6 Å². The minimum atomic E-state index is -4.54. The van der Waals surface area contributed by atoms with Gasteiger partial charge in [0.2, 0.25) is 0 Å². The lowest BCUT2D eigenvalue weighted by Gasteiger charge is -2.39. The second-order valence-electron chi connectivity index (χ2n) is 10.9. The van der Waals surface area contributed by atoms with Crippen LogP contribution in [-0.2, 0) is 19.0 Å². The first-order valence-electron chi connectivity index (χ1n) is 13.9. The molecule has 1 aliphatic carbocycles. The van der Waals surface area contributed by atoms with Crippen LogP contribution in [0.4, 0.5) is 17.6 Å². The van der Waals surface area contributed by atoms with Gasteiger partial charge in [-0.25, -0.2) is 4.79 Å². The Morgan fingerprint density at radius 2 is 1.71 bits per heavy atom. The molecule has 1 heterocycles. The Labute approximate surface area is 249 Å². The summed E-state index contributed by atoms with van der Waals surface area (Å²) >= 11 is 0. The predicted molar refractivity (Wildman–Crippen MR) is 158 cm³/mol. The summed E-state index contributed by atoms with van der Waals surface area (Å²) in [4.78, 5) is 13.9. The number of carboxylic acids is 1. The maximum Gasteiger partial charge on any atom is 0.419 e. The van der Waals surface area contributed by atoms with Crippen molar-refractivity contribution >= 4 is 29.5 Å². The van der Waals surface area contributed by atoms with Crippen molar-refractivity contribution in [2.45, 2.75) is 38.3 Å². The number of hydrogen-bond donors (Lipinski definition) is 1. The normalized spacial score (nSPS) is 15.8. The third-order valence-corrected chi connectivity index (χ3v) is 8.06. The monoisotopic (exact) mass is 603 g/mol. The van der Waals surface area contributed by atoms with Crippen LogP contribution in [-0.4, -0.2) is 49.4 Å². The summed E-state index contributed by atoms with van der Waals surface area (Å²) in [7, 11) is 1.24. The Morgan fingerprint density at radius 3 is 2.36 bits per heavy atom. The number of aryl methyl sites for hydroxylation is 1. The van der Waals surface area contributed by atoms with Gasteiger partial charge in [0.25, 0.3) is 0 Å². The smallest absolute Gasteiger partial charge is 0.419 e. The van der Waals surface area contributed by atoms with Gasteiger partial charge < -0.3 is 14.7 Å². The topological polar surface area (TPSA) is 49.8 Å². The highest BCUT2D eigenvalue weighted by molar-refractivity contribution is 6.01. The van der Waals surface area contributed by atoms with Gasteiger partial charge in [0.15, 0.2) is 0 Å². The summed E-state index contributed by atoms with van der Waals surface area (Å²) in [5, 5.41) is 9.57. The van der Waals surface area contributed by atoms with Crippen LogP contribution in [0.2, 0.25) is 0 Å². The molecule has 2 aliphatic rings. The summed E-state index contributed by atoms with van der Waals surface area (Å²) in [6, 6.07) is 17.4. The molecule has 1 saturated heterocycles. The fourth-order valence-electron chi connectivity index (χ4n) is 6.06. The molecule has 224 valence electrons.